The molecule has 1 aromatic carbocycles. The van der Waals surface area contributed by atoms with Gasteiger partial charge in [-0.2, -0.15) is 0 Å². The Labute approximate surface area is 181 Å². The molecule has 0 radical (unpaired) electrons. The van der Waals surface area contributed by atoms with E-state index in [1.54, 1.807) is 0 Å². The molecule has 27 heavy (non-hydrogen) atoms. The number of guanidine groups is 1. The maximum absolute atomic E-state index is 5.96. The summed E-state index contributed by atoms with van der Waals surface area (Å²) in [6.45, 7) is 9.08. The van der Waals surface area contributed by atoms with Gasteiger partial charge in [0.05, 0.1) is 24.8 Å². The largest absolute Gasteiger partial charge is 0.373 e. The maximum atomic E-state index is 5.96. The summed E-state index contributed by atoms with van der Waals surface area (Å²) in [5, 5.41) is 6.99. The monoisotopic (exact) mass is 486 g/mol. The van der Waals surface area contributed by atoms with Crippen LogP contribution in [0.4, 0.5) is 0 Å². The van der Waals surface area contributed by atoms with Crippen molar-refractivity contribution in [1.29, 1.82) is 0 Å². The van der Waals surface area contributed by atoms with Crippen molar-refractivity contribution in [1.82, 2.24) is 15.5 Å². The summed E-state index contributed by atoms with van der Waals surface area (Å²) in [5.41, 5.74) is 2.65. The van der Waals surface area contributed by atoms with Crippen molar-refractivity contribution in [3.05, 3.63) is 35.4 Å². The zero-order valence-electron chi connectivity index (χ0n) is 17.1. The zero-order valence-corrected chi connectivity index (χ0v) is 19.4. The Morgan fingerprint density at radius 2 is 2.00 bits per heavy atom. The van der Waals surface area contributed by atoms with Crippen molar-refractivity contribution >= 4 is 29.9 Å². The molecular formula is C21H35IN4O. The molecule has 0 saturated carbocycles. The molecule has 3 unspecified atom stereocenters. The van der Waals surface area contributed by atoms with Gasteiger partial charge in [-0.1, -0.05) is 24.3 Å². The van der Waals surface area contributed by atoms with Gasteiger partial charge in [0.2, 0.25) is 0 Å². The predicted octanol–water partition coefficient (Wildman–Crippen LogP) is 3.52. The molecule has 0 spiro atoms. The molecule has 5 nitrogen and oxygen atoms in total. The lowest BCUT2D eigenvalue weighted by molar-refractivity contribution is 0.0992. The Morgan fingerprint density at radius 1 is 1.26 bits per heavy atom. The van der Waals surface area contributed by atoms with Crippen LogP contribution in [0.5, 0.6) is 0 Å². The lowest BCUT2D eigenvalue weighted by Crippen LogP contribution is -2.47. The molecule has 6 heteroatoms. The normalized spacial score (nSPS) is 24.4. The summed E-state index contributed by atoms with van der Waals surface area (Å²) in [7, 11) is 2.17. The quantitative estimate of drug-likeness (QED) is 0.352. The second-order valence-electron chi connectivity index (χ2n) is 7.83. The fraction of sp³-hybridized carbons (Fsp3) is 0.667. The van der Waals surface area contributed by atoms with E-state index in [0.717, 1.165) is 25.5 Å². The Hall–Kier alpha value is -0.860. The molecule has 1 aromatic rings. The summed E-state index contributed by atoms with van der Waals surface area (Å²) < 4.78 is 5.96. The Balaban J connectivity index is 0.00000261. The van der Waals surface area contributed by atoms with E-state index >= 15 is 0 Å². The molecule has 152 valence electrons. The number of nitrogens with zero attached hydrogens (tertiary/aromatic N) is 2. The van der Waals surface area contributed by atoms with Crippen molar-refractivity contribution in [3.8, 4) is 0 Å². The first-order valence-corrected chi connectivity index (χ1v) is 10.0. The second kappa shape index (κ2) is 10.6. The summed E-state index contributed by atoms with van der Waals surface area (Å²) in [4.78, 5) is 7.22. The van der Waals surface area contributed by atoms with Gasteiger partial charge in [-0.3, -0.25) is 4.90 Å². The fourth-order valence-electron chi connectivity index (χ4n) is 3.77. The molecular weight excluding hydrogens is 451 g/mol. The number of halogens is 1. The third-order valence-electron chi connectivity index (χ3n) is 5.60. The van der Waals surface area contributed by atoms with E-state index in [0.29, 0.717) is 30.8 Å². The van der Waals surface area contributed by atoms with Gasteiger partial charge < -0.3 is 15.4 Å². The Kier molecular flexibility index (Phi) is 8.82. The third kappa shape index (κ3) is 6.06. The van der Waals surface area contributed by atoms with E-state index in [4.69, 9.17) is 9.73 Å². The van der Waals surface area contributed by atoms with Crippen molar-refractivity contribution < 1.29 is 4.74 Å². The second-order valence-corrected chi connectivity index (χ2v) is 7.83. The minimum atomic E-state index is 0. The van der Waals surface area contributed by atoms with Crippen LogP contribution >= 0.6 is 24.0 Å². The summed E-state index contributed by atoms with van der Waals surface area (Å²) >= 11 is 0. The molecule has 2 heterocycles. The van der Waals surface area contributed by atoms with Gasteiger partial charge in [-0.25, -0.2) is 4.99 Å². The van der Waals surface area contributed by atoms with E-state index in [1.165, 1.54) is 24.0 Å². The van der Waals surface area contributed by atoms with Crippen LogP contribution in [-0.2, 0) is 17.8 Å². The molecule has 3 atom stereocenters. The molecule has 3 rings (SSSR count). The standard InChI is InChI=1S/C21H34N4O.HI/c1-5-22-21(24-19-12-18-10-11-20(19)26-18)23-13-16-8-6-7-9-17(16)14-25(4)15(2)3;/h6-9,15,18-20H,5,10-14H2,1-4H3,(H2,22,23,24);1H. The van der Waals surface area contributed by atoms with Gasteiger partial charge in [0.1, 0.15) is 0 Å². The highest BCUT2D eigenvalue weighted by atomic mass is 127. The van der Waals surface area contributed by atoms with Crippen LogP contribution in [0.2, 0.25) is 0 Å². The number of nitrogens with one attached hydrogen (secondary N) is 2. The summed E-state index contributed by atoms with van der Waals surface area (Å²) in [6, 6.07) is 9.56. The first kappa shape index (κ1) is 22.4. The smallest absolute Gasteiger partial charge is 0.191 e. The van der Waals surface area contributed by atoms with Crippen molar-refractivity contribution in [2.75, 3.05) is 13.6 Å². The highest BCUT2D eigenvalue weighted by molar-refractivity contribution is 14.0. The van der Waals surface area contributed by atoms with E-state index in [2.05, 4.69) is 67.6 Å². The van der Waals surface area contributed by atoms with Crippen LogP contribution < -0.4 is 10.6 Å². The molecule has 2 bridgehead atoms. The lowest BCUT2D eigenvalue weighted by atomic mass is 9.96. The molecule has 2 saturated heterocycles. The average Bonchev–Trinajstić information content (AvgIpc) is 3.24. The first-order valence-electron chi connectivity index (χ1n) is 10.0. The highest BCUT2D eigenvalue weighted by Gasteiger charge is 2.41. The number of benzene rings is 1. The van der Waals surface area contributed by atoms with Crippen LogP contribution in [0.1, 0.15) is 51.2 Å². The van der Waals surface area contributed by atoms with Gasteiger partial charge in [-0.15, -0.1) is 24.0 Å². The van der Waals surface area contributed by atoms with E-state index in [9.17, 15) is 0 Å². The minimum Gasteiger partial charge on any atom is -0.373 e. The van der Waals surface area contributed by atoms with E-state index < -0.39 is 0 Å². The molecule has 2 fully saturated rings. The van der Waals surface area contributed by atoms with Gasteiger partial charge in [0.15, 0.2) is 5.96 Å². The van der Waals surface area contributed by atoms with E-state index in [1.807, 2.05) is 0 Å². The molecule has 2 aliphatic rings. The maximum Gasteiger partial charge on any atom is 0.191 e. The van der Waals surface area contributed by atoms with Crippen LogP contribution in [0, 0.1) is 0 Å². The van der Waals surface area contributed by atoms with Crippen LogP contribution in [0.15, 0.2) is 29.3 Å². The summed E-state index contributed by atoms with van der Waals surface area (Å²) in [5.74, 6) is 0.903. The van der Waals surface area contributed by atoms with Gasteiger partial charge in [-0.05, 0) is 58.2 Å². The molecule has 0 amide bonds. The van der Waals surface area contributed by atoms with Crippen molar-refractivity contribution in [2.24, 2.45) is 4.99 Å². The number of aliphatic imine (C=N–C) groups is 1. The van der Waals surface area contributed by atoms with Gasteiger partial charge in [0, 0.05) is 19.1 Å². The van der Waals surface area contributed by atoms with Crippen LogP contribution in [0.3, 0.4) is 0 Å². The van der Waals surface area contributed by atoms with Crippen LogP contribution in [0.25, 0.3) is 0 Å². The predicted molar refractivity (Wildman–Crippen MR) is 123 cm³/mol. The SMILES string of the molecule is CCNC(=NCc1ccccc1CN(C)C(C)C)NC1CC2CCC1O2.I. The average molecular weight is 486 g/mol. The number of ether oxygens (including phenoxy) is 1. The lowest BCUT2D eigenvalue weighted by Gasteiger charge is -2.23. The topological polar surface area (TPSA) is 48.9 Å². The first-order chi connectivity index (χ1) is 12.6. The van der Waals surface area contributed by atoms with Gasteiger partial charge >= 0.3 is 0 Å². The molecule has 0 aromatic heterocycles. The fourth-order valence-corrected chi connectivity index (χ4v) is 3.77. The Bertz CT molecular complexity index is 622. The van der Waals surface area contributed by atoms with Crippen molar-refractivity contribution in [3.63, 3.8) is 0 Å². The number of hydrogen-bond acceptors (Lipinski definition) is 3. The molecule has 2 N–H and O–H groups in total. The van der Waals surface area contributed by atoms with E-state index in [-0.39, 0.29) is 24.0 Å². The highest BCUT2D eigenvalue weighted by Crippen LogP contribution is 2.34. The number of hydrogen-bond donors (Lipinski definition) is 2. The number of fused-ring (bicyclic) bond motifs is 2. The van der Waals surface area contributed by atoms with Gasteiger partial charge in [0.25, 0.3) is 0 Å². The molecule has 0 aliphatic carbocycles. The minimum absolute atomic E-state index is 0. The zero-order chi connectivity index (χ0) is 18.5. The third-order valence-corrected chi connectivity index (χ3v) is 5.60. The van der Waals surface area contributed by atoms with Crippen LogP contribution in [-0.4, -0.2) is 48.7 Å². The Morgan fingerprint density at radius 3 is 2.59 bits per heavy atom. The molecule has 2 aliphatic heterocycles. The van der Waals surface area contributed by atoms with Crippen molar-refractivity contribution in [2.45, 2.75) is 77.4 Å². The summed E-state index contributed by atoms with van der Waals surface area (Å²) in [6.07, 6.45) is 4.30. The number of rotatable bonds is 7.